The highest BCUT2D eigenvalue weighted by Crippen LogP contribution is 2.34. The van der Waals surface area contributed by atoms with Crippen molar-refractivity contribution in [2.24, 2.45) is 0 Å². The van der Waals surface area contributed by atoms with Crippen molar-refractivity contribution >= 4 is 33.0 Å². The normalized spacial score (nSPS) is 10.9. The highest BCUT2D eigenvalue weighted by molar-refractivity contribution is 9.10. The number of anilines is 2. The molecule has 2 aromatic heterocycles. The highest BCUT2D eigenvalue weighted by Gasteiger charge is 2.14. The summed E-state index contributed by atoms with van der Waals surface area (Å²) in [5.74, 6) is 1.67. The van der Waals surface area contributed by atoms with Crippen LogP contribution in [0.15, 0.2) is 71.6 Å². The summed E-state index contributed by atoms with van der Waals surface area (Å²) < 4.78 is 8.27. The molecule has 3 N–H and O–H groups in total. The van der Waals surface area contributed by atoms with Crippen molar-refractivity contribution in [3.63, 3.8) is 0 Å². The van der Waals surface area contributed by atoms with E-state index in [0.29, 0.717) is 6.54 Å². The molecule has 5 nitrogen and oxygen atoms in total. The maximum absolute atomic E-state index is 5.84. The molecule has 4 rings (SSSR count). The SMILES string of the molecule is COc1ccc(CNc2nccn3c(Br)cc(-c4ccc(N)cc4)c23)cc1. The zero-order valence-electron chi connectivity index (χ0n) is 14.8. The first kappa shape index (κ1) is 17.4. The van der Waals surface area contributed by atoms with Crippen molar-refractivity contribution in [3.05, 3.63) is 77.2 Å². The number of rotatable bonds is 5. The van der Waals surface area contributed by atoms with Crippen LogP contribution in [0, 0.1) is 0 Å². The number of methoxy groups -OCH3 is 1. The van der Waals surface area contributed by atoms with Crippen LogP contribution in [0.3, 0.4) is 0 Å². The molecule has 0 radical (unpaired) electrons. The van der Waals surface area contributed by atoms with Gasteiger partial charge in [0.15, 0.2) is 5.82 Å². The van der Waals surface area contributed by atoms with Crippen LogP contribution in [-0.2, 0) is 6.54 Å². The molecule has 0 spiro atoms. The third kappa shape index (κ3) is 3.48. The Morgan fingerprint density at radius 2 is 1.85 bits per heavy atom. The third-order valence-corrected chi connectivity index (χ3v) is 5.08. The number of nitrogens with two attached hydrogens (primary N) is 1. The smallest absolute Gasteiger partial charge is 0.151 e. The Balaban J connectivity index is 1.70. The standard InChI is InChI=1S/C21H19BrN4O/c1-27-17-8-2-14(3-9-17)13-25-21-20-18(15-4-6-16(23)7-5-15)12-19(22)26(20)11-10-24-21/h2-12H,13,23H2,1H3,(H,24,25). The van der Waals surface area contributed by atoms with Crippen molar-refractivity contribution in [1.82, 2.24) is 9.38 Å². The van der Waals surface area contributed by atoms with Crippen LogP contribution < -0.4 is 15.8 Å². The van der Waals surface area contributed by atoms with Crippen LogP contribution in [0.2, 0.25) is 0 Å². The van der Waals surface area contributed by atoms with Crippen LogP contribution in [0.25, 0.3) is 16.6 Å². The summed E-state index contributed by atoms with van der Waals surface area (Å²) in [6, 6.07) is 18.0. The number of halogens is 1. The number of aromatic nitrogens is 2. The van der Waals surface area contributed by atoms with Gasteiger partial charge in [-0.2, -0.15) is 0 Å². The van der Waals surface area contributed by atoms with Gasteiger partial charge in [0.25, 0.3) is 0 Å². The Bertz CT molecular complexity index is 1070. The quantitative estimate of drug-likeness (QED) is 0.445. The van der Waals surface area contributed by atoms with Crippen molar-refractivity contribution < 1.29 is 4.74 Å². The molecule has 0 aliphatic rings. The van der Waals surface area contributed by atoms with E-state index in [0.717, 1.165) is 44.1 Å². The van der Waals surface area contributed by atoms with Crippen molar-refractivity contribution in [2.75, 3.05) is 18.2 Å². The van der Waals surface area contributed by atoms with Gasteiger partial charge in [0.05, 0.1) is 17.2 Å². The molecule has 0 aliphatic carbocycles. The maximum Gasteiger partial charge on any atom is 0.151 e. The lowest BCUT2D eigenvalue weighted by atomic mass is 10.1. The van der Waals surface area contributed by atoms with Gasteiger partial charge >= 0.3 is 0 Å². The second kappa shape index (κ2) is 7.32. The van der Waals surface area contributed by atoms with Crippen molar-refractivity contribution in [1.29, 1.82) is 0 Å². The van der Waals surface area contributed by atoms with E-state index < -0.39 is 0 Å². The van der Waals surface area contributed by atoms with Gasteiger partial charge in [0, 0.05) is 30.2 Å². The molecule has 0 unspecified atom stereocenters. The maximum atomic E-state index is 5.84. The molecule has 6 heteroatoms. The first-order chi connectivity index (χ1) is 13.2. The number of nitrogens with zero attached hydrogens (tertiary/aromatic N) is 2. The molecular formula is C21H19BrN4O. The minimum atomic E-state index is 0.667. The van der Waals surface area contributed by atoms with E-state index in [1.807, 2.05) is 54.7 Å². The van der Waals surface area contributed by atoms with Gasteiger partial charge in [-0.1, -0.05) is 24.3 Å². The fourth-order valence-corrected chi connectivity index (χ4v) is 3.58. The summed E-state index contributed by atoms with van der Waals surface area (Å²) in [5, 5.41) is 3.46. The van der Waals surface area contributed by atoms with Crippen LogP contribution in [0.4, 0.5) is 11.5 Å². The van der Waals surface area contributed by atoms with Gasteiger partial charge in [-0.05, 0) is 57.4 Å². The fourth-order valence-electron chi connectivity index (χ4n) is 3.06. The molecule has 0 atom stereocenters. The first-order valence-corrected chi connectivity index (χ1v) is 9.33. The molecule has 0 aliphatic heterocycles. The Labute approximate surface area is 165 Å². The van der Waals surface area contributed by atoms with Gasteiger partial charge in [0.2, 0.25) is 0 Å². The predicted molar refractivity (Wildman–Crippen MR) is 113 cm³/mol. The van der Waals surface area contributed by atoms with Crippen LogP contribution >= 0.6 is 15.9 Å². The van der Waals surface area contributed by atoms with E-state index in [1.165, 1.54) is 0 Å². The topological polar surface area (TPSA) is 64.6 Å². The van der Waals surface area contributed by atoms with Crippen molar-refractivity contribution in [3.8, 4) is 16.9 Å². The molecule has 4 aromatic rings. The van der Waals surface area contributed by atoms with E-state index in [-0.39, 0.29) is 0 Å². The van der Waals surface area contributed by atoms with E-state index in [1.54, 1.807) is 13.3 Å². The van der Waals surface area contributed by atoms with Crippen LogP contribution in [0.1, 0.15) is 5.56 Å². The average Bonchev–Trinajstić information content (AvgIpc) is 3.05. The van der Waals surface area contributed by atoms with Gasteiger partial charge < -0.3 is 20.2 Å². The predicted octanol–water partition coefficient (Wildman–Crippen LogP) is 4.97. The lowest BCUT2D eigenvalue weighted by Crippen LogP contribution is -2.03. The molecule has 27 heavy (non-hydrogen) atoms. The van der Waals surface area contributed by atoms with Gasteiger partial charge in [-0.3, -0.25) is 0 Å². The average molecular weight is 423 g/mol. The third-order valence-electron chi connectivity index (χ3n) is 4.47. The lowest BCUT2D eigenvalue weighted by Gasteiger charge is -2.10. The first-order valence-electron chi connectivity index (χ1n) is 8.54. The number of fused-ring (bicyclic) bond motifs is 1. The number of nitrogen functional groups attached to an aromatic ring is 1. The van der Waals surface area contributed by atoms with Crippen LogP contribution in [0.5, 0.6) is 5.75 Å². The number of hydrogen-bond acceptors (Lipinski definition) is 4. The minimum absolute atomic E-state index is 0.667. The Hall–Kier alpha value is -2.99. The van der Waals surface area contributed by atoms with Gasteiger partial charge in [-0.25, -0.2) is 4.98 Å². The zero-order chi connectivity index (χ0) is 18.8. The van der Waals surface area contributed by atoms with Crippen LogP contribution in [-0.4, -0.2) is 16.5 Å². The molecule has 136 valence electrons. The number of hydrogen-bond donors (Lipinski definition) is 2. The minimum Gasteiger partial charge on any atom is -0.497 e. The van der Waals surface area contributed by atoms with Gasteiger partial charge in [-0.15, -0.1) is 0 Å². The fraction of sp³-hybridized carbons (Fsp3) is 0.0952. The highest BCUT2D eigenvalue weighted by atomic mass is 79.9. The molecule has 0 bridgehead atoms. The monoisotopic (exact) mass is 422 g/mol. The number of nitrogens with one attached hydrogen (secondary N) is 1. The Morgan fingerprint density at radius 1 is 1.11 bits per heavy atom. The molecule has 2 heterocycles. The molecule has 0 saturated carbocycles. The van der Waals surface area contributed by atoms with E-state index >= 15 is 0 Å². The second-order valence-corrected chi connectivity index (χ2v) is 7.01. The summed E-state index contributed by atoms with van der Waals surface area (Å²) in [6.45, 7) is 0.667. The number of ether oxygens (including phenoxy) is 1. The molecule has 0 saturated heterocycles. The summed E-state index contributed by atoms with van der Waals surface area (Å²) in [7, 11) is 1.67. The zero-order valence-corrected chi connectivity index (χ0v) is 16.4. The summed E-state index contributed by atoms with van der Waals surface area (Å²) in [4.78, 5) is 4.57. The van der Waals surface area contributed by atoms with Crippen molar-refractivity contribution in [2.45, 2.75) is 6.54 Å². The number of benzene rings is 2. The summed E-state index contributed by atoms with van der Waals surface area (Å²) >= 11 is 3.64. The second-order valence-electron chi connectivity index (χ2n) is 6.20. The summed E-state index contributed by atoms with van der Waals surface area (Å²) in [5.41, 5.74) is 10.9. The van der Waals surface area contributed by atoms with E-state index in [2.05, 4.69) is 36.7 Å². The van der Waals surface area contributed by atoms with Gasteiger partial charge in [0.1, 0.15) is 5.75 Å². The Morgan fingerprint density at radius 3 is 2.56 bits per heavy atom. The molecule has 0 amide bonds. The summed E-state index contributed by atoms with van der Waals surface area (Å²) in [6.07, 6.45) is 3.74. The van der Waals surface area contributed by atoms with E-state index in [4.69, 9.17) is 10.5 Å². The largest absolute Gasteiger partial charge is 0.497 e. The van der Waals surface area contributed by atoms with E-state index in [9.17, 15) is 0 Å². The molecule has 0 fully saturated rings. The molecule has 2 aromatic carbocycles. The lowest BCUT2D eigenvalue weighted by molar-refractivity contribution is 0.414. The Kier molecular flexibility index (Phi) is 4.73. The molecular weight excluding hydrogens is 404 g/mol.